The van der Waals surface area contributed by atoms with Gasteiger partial charge in [-0.15, -0.1) is 0 Å². The molecule has 0 N–H and O–H groups in total. The lowest BCUT2D eigenvalue weighted by Gasteiger charge is -2.23. The van der Waals surface area contributed by atoms with Gasteiger partial charge in [-0.1, -0.05) is 109 Å². The zero-order valence-electron chi connectivity index (χ0n) is 17.4. The first-order valence-electron chi connectivity index (χ1n) is 10.3. The van der Waals surface area contributed by atoms with E-state index in [2.05, 4.69) is 0 Å². The van der Waals surface area contributed by atoms with Crippen LogP contribution >= 0.6 is 7.82 Å². The zero-order chi connectivity index (χ0) is 22.1. The van der Waals surface area contributed by atoms with E-state index in [1.165, 1.54) is 0 Å². The molecule has 4 rings (SSSR count). The molecule has 4 aromatic carbocycles. The predicted molar refractivity (Wildman–Crippen MR) is 127 cm³/mol. The Kier molecular flexibility index (Phi) is 7.19. The van der Waals surface area contributed by atoms with Crippen LogP contribution in [0.4, 0.5) is 0 Å². The van der Waals surface area contributed by atoms with Crippen LogP contribution in [0.2, 0.25) is 0 Å². The second-order valence-electron chi connectivity index (χ2n) is 6.96. The Bertz CT molecular complexity index is 1120. The molecule has 0 aliphatic carbocycles. The lowest BCUT2D eigenvalue weighted by atomic mass is 10.1. The van der Waals surface area contributed by atoms with Crippen LogP contribution in [0, 0.1) is 0 Å². The van der Waals surface area contributed by atoms with Crippen LogP contribution in [0.1, 0.15) is 17.2 Å². The number of para-hydroxylation sites is 2. The van der Waals surface area contributed by atoms with E-state index in [-0.39, 0.29) is 0 Å². The Labute approximate surface area is 188 Å². The van der Waals surface area contributed by atoms with E-state index in [1.807, 2.05) is 84.9 Å². The normalized spacial score (nSPS) is 12.4. The average Bonchev–Trinajstić information content (AvgIpc) is 2.84. The molecule has 0 fully saturated rings. The maximum Gasteiger partial charge on any atom is 0.588 e. The SMILES string of the molecule is O=P(Oc1ccccc1)(Oc1ccccc1)OC(C=Cc1ccccc1)c1ccccc1. The Balaban J connectivity index is 1.67. The molecule has 5 heteroatoms. The molecule has 0 saturated heterocycles. The van der Waals surface area contributed by atoms with Gasteiger partial charge in [-0.25, -0.2) is 4.57 Å². The Morgan fingerprint density at radius 3 is 1.53 bits per heavy atom. The van der Waals surface area contributed by atoms with E-state index in [0.29, 0.717) is 11.5 Å². The van der Waals surface area contributed by atoms with Crippen molar-refractivity contribution in [1.82, 2.24) is 0 Å². The zero-order valence-corrected chi connectivity index (χ0v) is 18.3. The fourth-order valence-corrected chi connectivity index (χ4v) is 4.39. The van der Waals surface area contributed by atoms with Crippen LogP contribution in [0.5, 0.6) is 11.5 Å². The first kappa shape index (κ1) is 21.6. The van der Waals surface area contributed by atoms with Gasteiger partial charge in [-0.3, -0.25) is 4.52 Å². The minimum atomic E-state index is -4.06. The number of hydrogen-bond acceptors (Lipinski definition) is 4. The summed E-state index contributed by atoms with van der Waals surface area (Å²) >= 11 is 0. The van der Waals surface area contributed by atoms with Crippen molar-refractivity contribution in [2.24, 2.45) is 0 Å². The molecule has 0 amide bonds. The number of phosphoric acid groups is 1. The lowest BCUT2D eigenvalue weighted by Crippen LogP contribution is -2.09. The molecule has 0 aromatic heterocycles. The van der Waals surface area contributed by atoms with E-state index in [1.54, 1.807) is 48.5 Å². The number of hydrogen-bond donors (Lipinski definition) is 0. The third-order valence-electron chi connectivity index (χ3n) is 4.55. The van der Waals surface area contributed by atoms with Crippen molar-refractivity contribution in [1.29, 1.82) is 0 Å². The van der Waals surface area contributed by atoms with Crippen molar-refractivity contribution >= 4 is 13.9 Å². The summed E-state index contributed by atoms with van der Waals surface area (Å²) in [5.74, 6) is 0.788. The maximum atomic E-state index is 13.8. The molecular weight excluding hydrogens is 419 g/mol. The standard InChI is InChI=1S/C27H23O4P/c28-32(29-25-17-9-3-10-18-25,30-26-19-11-4-12-20-26)31-27(24-15-7-2-8-16-24)22-21-23-13-5-1-6-14-23/h1-22,27H. The van der Waals surface area contributed by atoms with E-state index in [0.717, 1.165) is 11.1 Å². The highest BCUT2D eigenvalue weighted by Gasteiger charge is 2.34. The summed E-state index contributed by atoms with van der Waals surface area (Å²) in [6.07, 6.45) is 3.11. The van der Waals surface area contributed by atoms with Crippen molar-refractivity contribution < 1.29 is 18.1 Å². The Hall–Kier alpha value is -3.59. The third kappa shape index (κ3) is 6.21. The smallest absolute Gasteiger partial charge is 0.395 e. The van der Waals surface area contributed by atoms with Gasteiger partial charge in [0.25, 0.3) is 0 Å². The maximum absolute atomic E-state index is 13.8. The molecule has 160 valence electrons. The van der Waals surface area contributed by atoms with E-state index in [9.17, 15) is 4.57 Å². The molecule has 1 atom stereocenters. The molecule has 0 heterocycles. The fraction of sp³-hybridized carbons (Fsp3) is 0.0370. The van der Waals surface area contributed by atoms with Crippen molar-refractivity contribution in [3.63, 3.8) is 0 Å². The highest BCUT2D eigenvalue weighted by atomic mass is 31.2. The van der Waals surface area contributed by atoms with Gasteiger partial charge in [-0.05, 0) is 35.4 Å². The summed E-state index contributed by atoms with van der Waals surface area (Å²) in [6.45, 7) is 0. The average molecular weight is 442 g/mol. The monoisotopic (exact) mass is 442 g/mol. The molecule has 4 nitrogen and oxygen atoms in total. The first-order valence-corrected chi connectivity index (χ1v) is 11.7. The molecule has 32 heavy (non-hydrogen) atoms. The summed E-state index contributed by atoms with van der Waals surface area (Å²) in [5.41, 5.74) is 1.83. The molecular formula is C27H23O4P. The summed E-state index contributed by atoms with van der Waals surface area (Å²) in [6, 6.07) is 37.1. The highest BCUT2D eigenvalue weighted by molar-refractivity contribution is 7.49. The minimum Gasteiger partial charge on any atom is -0.395 e. The molecule has 4 aromatic rings. The second-order valence-corrected chi connectivity index (χ2v) is 8.43. The van der Waals surface area contributed by atoms with Crippen LogP contribution in [0.25, 0.3) is 6.08 Å². The topological polar surface area (TPSA) is 44.8 Å². The molecule has 0 bridgehead atoms. The quantitative estimate of drug-likeness (QED) is 0.249. The van der Waals surface area contributed by atoms with Gasteiger partial charge in [0.1, 0.15) is 17.6 Å². The largest absolute Gasteiger partial charge is 0.588 e. The van der Waals surface area contributed by atoms with Gasteiger partial charge in [-0.2, -0.15) is 0 Å². The van der Waals surface area contributed by atoms with Gasteiger partial charge in [0.2, 0.25) is 0 Å². The second kappa shape index (κ2) is 10.6. The van der Waals surface area contributed by atoms with E-state index < -0.39 is 13.9 Å². The van der Waals surface area contributed by atoms with Crippen LogP contribution < -0.4 is 9.05 Å². The summed E-state index contributed by atoms with van der Waals surface area (Å²) in [4.78, 5) is 0. The predicted octanol–water partition coefficient (Wildman–Crippen LogP) is 7.72. The van der Waals surface area contributed by atoms with Crippen LogP contribution in [-0.2, 0) is 9.09 Å². The minimum absolute atomic E-state index is 0.394. The molecule has 0 saturated carbocycles. The Morgan fingerprint density at radius 1 is 0.594 bits per heavy atom. The lowest BCUT2D eigenvalue weighted by molar-refractivity contribution is 0.174. The molecule has 0 radical (unpaired) electrons. The third-order valence-corrected chi connectivity index (χ3v) is 5.91. The van der Waals surface area contributed by atoms with E-state index in [4.69, 9.17) is 13.6 Å². The van der Waals surface area contributed by atoms with Crippen LogP contribution in [-0.4, -0.2) is 0 Å². The van der Waals surface area contributed by atoms with Crippen LogP contribution in [0.15, 0.2) is 127 Å². The van der Waals surface area contributed by atoms with Gasteiger partial charge in [0, 0.05) is 0 Å². The summed E-state index contributed by atoms with van der Waals surface area (Å²) in [7, 11) is -4.06. The van der Waals surface area contributed by atoms with Gasteiger partial charge < -0.3 is 9.05 Å². The fourth-order valence-electron chi connectivity index (χ4n) is 3.03. The Morgan fingerprint density at radius 2 is 1.03 bits per heavy atom. The molecule has 0 aliphatic heterocycles. The van der Waals surface area contributed by atoms with Gasteiger partial charge in [0.15, 0.2) is 0 Å². The van der Waals surface area contributed by atoms with Crippen molar-refractivity contribution in [2.45, 2.75) is 6.10 Å². The van der Waals surface area contributed by atoms with Crippen molar-refractivity contribution in [3.05, 3.63) is 139 Å². The first-order chi connectivity index (χ1) is 15.7. The summed E-state index contributed by atoms with van der Waals surface area (Å²) < 4.78 is 31.5. The van der Waals surface area contributed by atoms with Gasteiger partial charge in [0.05, 0.1) is 0 Å². The van der Waals surface area contributed by atoms with Crippen molar-refractivity contribution in [3.8, 4) is 11.5 Å². The van der Waals surface area contributed by atoms with E-state index >= 15 is 0 Å². The van der Waals surface area contributed by atoms with Crippen LogP contribution in [0.3, 0.4) is 0 Å². The molecule has 0 spiro atoms. The highest BCUT2D eigenvalue weighted by Crippen LogP contribution is 2.53. The molecule has 0 aliphatic rings. The van der Waals surface area contributed by atoms with Gasteiger partial charge >= 0.3 is 7.82 Å². The summed E-state index contributed by atoms with van der Waals surface area (Å²) in [5, 5.41) is 0. The number of benzene rings is 4. The van der Waals surface area contributed by atoms with Crippen molar-refractivity contribution in [2.75, 3.05) is 0 Å². The number of phosphoric ester groups is 1. The molecule has 1 unspecified atom stereocenters. The number of rotatable bonds is 9.